The van der Waals surface area contributed by atoms with Gasteiger partial charge in [-0.25, -0.2) is 13.8 Å². The molecule has 4 rings (SSSR count). The lowest BCUT2D eigenvalue weighted by Gasteiger charge is -2.32. The summed E-state index contributed by atoms with van der Waals surface area (Å²) in [6.45, 7) is 3.65. The molecule has 0 aromatic carbocycles. The van der Waals surface area contributed by atoms with E-state index in [4.69, 9.17) is 4.74 Å². The lowest BCUT2D eigenvalue weighted by Crippen LogP contribution is -2.41. The van der Waals surface area contributed by atoms with Crippen LogP contribution in [0.2, 0.25) is 0 Å². The van der Waals surface area contributed by atoms with Crippen LogP contribution in [0.15, 0.2) is 36.7 Å². The Labute approximate surface area is 182 Å². The van der Waals surface area contributed by atoms with Crippen LogP contribution >= 0.6 is 11.3 Å². The largest absolute Gasteiger partial charge is 0.374 e. The predicted molar refractivity (Wildman–Crippen MR) is 115 cm³/mol. The van der Waals surface area contributed by atoms with Gasteiger partial charge in [0.15, 0.2) is 0 Å². The molecule has 4 heterocycles. The number of aryl methyl sites for hydroxylation is 1. The van der Waals surface area contributed by atoms with E-state index >= 15 is 0 Å². The molecule has 1 amide bonds. The molecule has 0 aliphatic carbocycles. The number of ether oxygens (including phenoxy) is 1. The molecule has 164 valence electrons. The van der Waals surface area contributed by atoms with Gasteiger partial charge in [0.2, 0.25) is 0 Å². The Hall–Kier alpha value is -2.85. The van der Waals surface area contributed by atoms with Crippen molar-refractivity contribution in [3.8, 4) is 10.4 Å². The number of thiophene rings is 1. The normalized spacial score (nSPS) is 15.0. The van der Waals surface area contributed by atoms with Gasteiger partial charge in [0, 0.05) is 35.6 Å². The first-order valence-electron chi connectivity index (χ1n) is 9.81. The minimum atomic E-state index is -2.51. The second-order valence-electron chi connectivity index (χ2n) is 7.73. The molecular formula is C21H23F2N5O2S. The number of amides is 1. The fraction of sp³-hybridized carbons (Fsp3) is 0.381. The summed E-state index contributed by atoms with van der Waals surface area (Å²) in [5, 5.41) is 7.37. The molecule has 1 aliphatic rings. The number of hydrogen-bond donors (Lipinski definition) is 1. The van der Waals surface area contributed by atoms with Crippen molar-refractivity contribution >= 4 is 28.9 Å². The number of rotatable bonds is 8. The number of aromatic nitrogens is 3. The number of hydrogen-bond acceptors (Lipinski definition) is 6. The van der Waals surface area contributed by atoms with Crippen LogP contribution in [0.25, 0.3) is 10.4 Å². The van der Waals surface area contributed by atoms with E-state index in [2.05, 4.69) is 15.4 Å². The minimum Gasteiger partial charge on any atom is -0.374 e. The van der Waals surface area contributed by atoms with Crippen molar-refractivity contribution in [1.29, 1.82) is 0 Å². The van der Waals surface area contributed by atoms with Gasteiger partial charge in [-0.05, 0) is 37.6 Å². The van der Waals surface area contributed by atoms with Crippen molar-refractivity contribution in [1.82, 2.24) is 19.7 Å². The van der Waals surface area contributed by atoms with Crippen molar-refractivity contribution in [2.45, 2.75) is 25.8 Å². The molecule has 7 nitrogen and oxygen atoms in total. The van der Waals surface area contributed by atoms with Gasteiger partial charge in [-0.15, -0.1) is 11.3 Å². The molecule has 31 heavy (non-hydrogen) atoms. The van der Waals surface area contributed by atoms with Crippen molar-refractivity contribution in [3.05, 3.63) is 47.1 Å². The smallest absolute Gasteiger partial charge is 0.261 e. The number of halogens is 2. The quantitative estimate of drug-likeness (QED) is 0.523. The maximum absolute atomic E-state index is 13.0. The van der Waals surface area contributed by atoms with E-state index in [0.29, 0.717) is 11.4 Å². The molecule has 0 fully saturated rings. The first-order chi connectivity index (χ1) is 14.8. The Balaban J connectivity index is 1.53. The highest BCUT2D eigenvalue weighted by Crippen LogP contribution is 2.46. The van der Waals surface area contributed by atoms with Gasteiger partial charge in [-0.3, -0.25) is 9.48 Å². The lowest BCUT2D eigenvalue weighted by atomic mass is 10.0. The number of carbonyl (C=O) groups excluding carboxylic acids is 1. The highest BCUT2D eigenvalue weighted by Gasteiger charge is 2.44. The highest BCUT2D eigenvalue weighted by molar-refractivity contribution is 7.16. The summed E-state index contributed by atoms with van der Waals surface area (Å²) >= 11 is 1.56. The van der Waals surface area contributed by atoms with Crippen LogP contribution in [0.5, 0.6) is 0 Å². The Morgan fingerprint density at radius 1 is 1.26 bits per heavy atom. The molecular weight excluding hydrogens is 424 g/mol. The van der Waals surface area contributed by atoms with Crippen LogP contribution in [-0.4, -0.2) is 51.8 Å². The monoisotopic (exact) mass is 447 g/mol. The second-order valence-corrected chi connectivity index (χ2v) is 8.78. The van der Waals surface area contributed by atoms with Crippen molar-refractivity contribution in [2.24, 2.45) is 7.05 Å². The lowest BCUT2D eigenvalue weighted by molar-refractivity contribution is 0.00281. The average molecular weight is 448 g/mol. The van der Waals surface area contributed by atoms with Crippen LogP contribution in [0.4, 0.5) is 20.4 Å². The van der Waals surface area contributed by atoms with Crippen molar-refractivity contribution < 1.29 is 18.3 Å². The molecule has 1 aliphatic heterocycles. The second kappa shape index (κ2) is 8.35. The third kappa shape index (κ3) is 4.17. The first-order valence-corrected chi connectivity index (χ1v) is 10.6. The van der Waals surface area contributed by atoms with Gasteiger partial charge >= 0.3 is 0 Å². The van der Waals surface area contributed by atoms with Gasteiger partial charge in [0.25, 0.3) is 12.3 Å². The number of fused-ring (bicyclic) bond motifs is 1. The molecule has 0 bridgehead atoms. The fourth-order valence-corrected chi connectivity index (χ4v) is 4.92. The zero-order chi connectivity index (χ0) is 22.2. The van der Waals surface area contributed by atoms with Crippen LogP contribution in [-0.2, 0) is 17.3 Å². The van der Waals surface area contributed by atoms with E-state index < -0.39 is 18.6 Å². The molecule has 10 heteroatoms. The predicted octanol–water partition coefficient (Wildman–Crippen LogP) is 4.26. The SMILES string of the molecule is Cn1nccc1Nc1cc(-c2cc3c(s2)C(C)(C)N(CCOCC(F)F)C3=O)ccn1. The van der Waals surface area contributed by atoms with Crippen LogP contribution in [0.1, 0.15) is 29.1 Å². The summed E-state index contributed by atoms with van der Waals surface area (Å²) in [5.41, 5.74) is 1.07. The standard InChI is InChI=1S/C21H23F2N5O2S/c1-21(2)19-14(20(29)28(21)8-9-30-12-16(22)23)11-15(31-19)13-4-6-24-17(10-13)26-18-5-7-25-27(18)3/h4-7,10-11,16H,8-9,12H2,1-3H3,(H,24,26). The number of nitrogens with zero attached hydrogens (tertiary/aromatic N) is 4. The molecule has 0 spiro atoms. The summed E-state index contributed by atoms with van der Waals surface area (Å²) in [5.74, 6) is 1.39. The number of pyridine rings is 1. The molecule has 1 N–H and O–H groups in total. The van der Waals surface area contributed by atoms with E-state index in [9.17, 15) is 13.6 Å². The Bertz CT molecular complexity index is 1100. The molecule has 0 saturated heterocycles. The van der Waals surface area contributed by atoms with E-state index in [1.165, 1.54) is 0 Å². The summed E-state index contributed by atoms with van der Waals surface area (Å²) in [4.78, 5) is 21.0. The number of alkyl halides is 2. The molecule has 0 unspecified atom stereocenters. The number of anilines is 2. The van der Waals surface area contributed by atoms with Crippen LogP contribution < -0.4 is 5.32 Å². The topological polar surface area (TPSA) is 72.3 Å². The van der Waals surface area contributed by atoms with Crippen LogP contribution in [0.3, 0.4) is 0 Å². The van der Waals surface area contributed by atoms with E-state index in [-0.39, 0.29) is 19.1 Å². The average Bonchev–Trinajstić information content (AvgIpc) is 3.38. The van der Waals surface area contributed by atoms with Crippen LogP contribution in [0, 0.1) is 0 Å². The molecule has 3 aromatic heterocycles. The summed E-state index contributed by atoms with van der Waals surface area (Å²) < 4.78 is 31.2. The van der Waals surface area contributed by atoms with E-state index in [1.54, 1.807) is 33.3 Å². The third-order valence-corrected chi connectivity index (χ3v) is 6.76. The zero-order valence-corrected chi connectivity index (χ0v) is 18.2. The fourth-order valence-electron chi connectivity index (χ4n) is 3.66. The zero-order valence-electron chi connectivity index (χ0n) is 17.4. The molecule has 0 saturated carbocycles. The van der Waals surface area contributed by atoms with Gasteiger partial charge in [-0.2, -0.15) is 5.10 Å². The van der Waals surface area contributed by atoms with Gasteiger partial charge in [-0.1, -0.05) is 0 Å². The van der Waals surface area contributed by atoms with Gasteiger partial charge in [0.1, 0.15) is 18.2 Å². The summed E-state index contributed by atoms with van der Waals surface area (Å²) in [6, 6.07) is 7.59. The van der Waals surface area contributed by atoms with Crippen molar-refractivity contribution in [3.63, 3.8) is 0 Å². The Morgan fingerprint density at radius 3 is 2.74 bits per heavy atom. The molecule has 0 radical (unpaired) electrons. The number of carbonyl (C=O) groups is 1. The first kappa shape index (κ1) is 21.4. The number of nitrogens with one attached hydrogen (secondary N) is 1. The van der Waals surface area contributed by atoms with Crippen molar-refractivity contribution in [2.75, 3.05) is 25.1 Å². The maximum Gasteiger partial charge on any atom is 0.261 e. The van der Waals surface area contributed by atoms with E-state index in [0.717, 1.165) is 21.1 Å². The summed E-state index contributed by atoms with van der Waals surface area (Å²) in [7, 11) is 1.84. The third-order valence-electron chi connectivity index (χ3n) is 5.26. The molecule has 0 atom stereocenters. The Kier molecular flexibility index (Phi) is 5.76. The maximum atomic E-state index is 13.0. The highest BCUT2D eigenvalue weighted by atomic mass is 32.1. The molecule has 3 aromatic rings. The van der Waals surface area contributed by atoms with E-state index in [1.807, 2.05) is 45.2 Å². The Morgan fingerprint density at radius 2 is 2.06 bits per heavy atom. The summed E-state index contributed by atoms with van der Waals surface area (Å²) in [6.07, 6.45) is 0.913. The minimum absolute atomic E-state index is 0.0781. The van der Waals surface area contributed by atoms with Gasteiger partial charge < -0.3 is 15.0 Å². The van der Waals surface area contributed by atoms with Gasteiger partial charge in [0.05, 0.1) is 23.9 Å².